The van der Waals surface area contributed by atoms with Crippen molar-refractivity contribution in [2.45, 2.75) is 18.8 Å². The van der Waals surface area contributed by atoms with E-state index in [0.29, 0.717) is 5.92 Å². The highest BCUT2D eigenvalue weighted by Gasteiger charge is 2.19. The van der Waals surface area contributed by atoms with Crippen LogP contribution in [0.15, 0.2) is 41.5 Å². The second-order valence-corrected chi connectivity index (χ2v) is 5.16. The van der Waals surface area contributed by atoms with Crippen LogP contribution >= 0.6 is 0 Å². The maximum atomic E-state index is 12.1. The molecule has 1 atom stereocenters. The Kier molecular flexibility index (Phi) is 3.25. The van der Waals surface area contributed by atoms with Crippen LogP contribution in [-0.2, 0) is 7.05 Å². The molecule has 1 N–H and O–H groups in total. The van der Waals surface area contributed by atoms with Gasteiger partial charge in [-0.05, 0) is 36.9 Å². The normalized spacial score (nSPS) is 19.5. The van der Waals surface area contributed by atoms with Crippen molar-refractivity contribution in [3.63, 3.8) is 0 Å². The predicted octanol–water partition coefficient (Wildman–Crippen LogP) is 1.64. The topological polar surface area (TPSA) is 39.0 Å². The number of aryl methyl sites for hydroxylation is 1. The van der Waals surface area contributed by atoms with E-state index in [1.807, 2.05) is 18.3 Å². The fourth-order valence-corrected chi connectivity index (χ4v) is 2.82. The van der Waals surface area contributed by atoms with E-state index >= 15 is 0 Å². The lowest BCUT2D eigenvalue weighted by Gasteiger charge is -2.25. The number of para-hydroxylation sites is 1. The number of nitrogens with zero attached hydrogens (tertiary/aromatic N) is 2. The first-order valence-electron chi connectivity index (χ1n) is 6.81. The molecule has 4 heteroatoms. The molecule has 0 aliphatic carbocycles. The van der Waals surface area contributed by atoms with E-state index in [0.717, 1.165) is 18.8 Å². The van der Waals surface area contributed by atoms with Crippen LogP contribution in [0.4, 0.5) is 0 Å². The highest BCUT2D eigenvalue weighted by Crippen LogP contribution is 2.27. The van der Waals surface area contributed by atoms with Gasteiger partial charge in [-0.3, -0.25) is 4.57 Å². The number of imidazole rings is 1. The minimum atomic E-state index is 0.0104. The molecule has 2 heterocycles. The van der Waals surface area contributed by atoms with Gasteiger partial charge in [0.2, 0.25) is 0 Å². The van der Waals surface area contributed by atoms with Gasteiger partial charge >= 0.3 is 5.69 Å². The first-order chi connectivity index (χ1) is 9.27. The molecule has 2 aromatic rings. The van der Waals surface area contributed by atoms with E-state index < -0.39 is 0 Å². The number of hydrogen-bond donors (Lipinski definition) is 1. The van der Waals surface area contributed by atoms with E-state index in [1.54, 1.807) is 22.4 Å². The summed E-state index contributed by atoms with van der Waals surface area (Å²) in [5.41, 5.74) is 2.29. The van der Waals surface area contributed by atoms with E-state index in [-0.39, 0.29) is 5.69 Å². The number of nitrogens with one attached hydrogen (secondary N) is 1. The van der Waals surface area contributed by atoms with Gasteiger partial charge in [-0.15, -0.1) is 0 Å². The highest BCUT2D eigenvalue weighted by molar-refractivity contribution is 5.43. The number of aromatic nitrogens is 2. The summed E-state index contributed by atoms with van der Waals surface area (Å²) in [6, 6.07) is 8.23. The van der Waals surface area contributed by atoms with Crippen LogP contribution in [0.2, 0.25) is 0 Å². The molecule has 3 rings (SSSR count). The summed E-state index contributed by atoms with van der Waals surface area (Å²) < 4.78 is 3.35. The molecule has 0 bridgehead atoms. The van der Waals surface area contributed by atoms with Crippen molar-refractivity contribution >= 4 is 0 Å². The quantitative estimate of drug-likeness (QED) is 0.888. The van der Waals surface area contributed by atoms with Crippen LogP contribution in [0.25, 0.3) is 5.69 Å². The molecule has 0 spiro atoms. The van der Waals surface area contributed by atoms with Crippen molar-refractivity contribution in [1.29, 1.82) is 0 Å². The number of hydrogen-bond acceptors (Lipinski definition) is 2. The molecule has 19 heavy (non-hydrogen) atoms. The molecule has 100 valence electrons. The van der Waals surface area contributed by atoms with Gasteiger partial charge in [0.25, 0.3) is 0 Å². The van der Waals surface area contributed by atoms with Gasteiger partial charge in [0.05, 0.1) is 5.69 Å². The molecule has 1 aromatic heterocycles. The van der Waals surface area contributed by atoms with E-state index in [4.69, 9.17) is 0 Å². The van der Waals surface area contributed by atoms with Crippen LogP contribution in [-0.4, -0.2) is 22.2 Å². The van der Waals surface area contributed by atoms with Gasteiger partial charge in [0.1, 0.15) is 0 Å². The Morgan fingerprint density at radius 2 is 2.11 bits per heavy atom. The number of rotatable bonds is 2. The van der Waals surface area contributed by atoms with Gasteiger partial charge in [-0.1, -0.05) is 18.2 Å². The Morgan fingerprint density at radius 3 is 2.79 bits per heavy atom. The lowest BCUT2D eigenvalue weighted by molar-refractivity contribution is 0.460. The molecule has 1 aliphatic rings. The first-order valence-corrected chi connectivity index (χ1v) is 6.81. The van der Waals surface area contributed by atoms with Crippen LogP contribution in [0.5, 0.6) is 0 Å². The van der Waals surface area contributed by atoms with E-state index in [2.05, 4.69) is 17.4 Å². The van der Waals surface area contributed by atoms with Crippen LogP contribution in [0.1, 0.15) is 24.3 Å². The molecule has 0 saturated carbocycles. The van der Waals surface area contributed by atoms with Crippen LogP contribution < -0.4 is 11.0 Å². The average Bonchev–Trinajstić information content (AvgIpc) is 2.80. The van der Waals surface area contributed by atoms with Gasteiger partial charge in [-0.2, -0.15) is 0 Å². The lowest BCUT2D eigenvalue weighted by Crippen LogP contribution is -2.29. The zero-order valence-electron chi connectivity index (χ0n) is 11.2. The minimum absolute atomic E-state index is 0.0104. The monoisotopic (exact) mass is 257 g/mol. The van der Waals surface area contributed by atoms with Crippen LogP contribution in [0.3, 0.4) is 0 Å². The van der Waals surface area contributed by atoms with Gasteiger partial charge in [0, 0.05) is 26.0 Å². The summed E-state index contributed by atoms with van der Waals surface area (Å²) in [6.07, 6.45) is 6.03. The van der Waals surface area contributed by atoms with Gasteiger partial charge in [0.15, 0.2) is 0 Å². The van der Waals surface area contributed by atoms with Crippen LogP contribution in [0, 0.1) is 0 Å². The highest BCUT2D eigenvalue weighted by atomic mass is 16.1. The molecule has 1 aromatic carbocycles. The van der Waals surface area contributed by atoms with Crippen molar-refractivity contribution in [2.75, 3.05) is 13.1 Å². The Bertz CT molecular complexity index is 620. The summed E-state index contributed by atoms with van der Waals surface area (Å²) in [4.78, 5) is 12.1. The standard InChI is InChI=1S/C15H19N3O/c1-17-9-10-18(15(17)19)14-7-3-2-6-13(14)12-5-4-8-16-11-12/h2-3,6-7,9-10,12,16H,4-5,8,11H2,1H3. The molecular weight excluding hydrogens is 238 g/mol. The number of piperidine rings is 1. The third-order valence-corrected chi connectivity index (χ3v) is 3.88. The summed E-state index contributed by atoms with van der Waals surface area (Å²) in [5.74, 6) is 0.497. The predicted molar refractivity (Wildman–Crippen MR) is 75.9 cm³/mol. The number of benzene rings is 1. The lowest BCUT2D eigenvalue weighted by atomic mass is 9.90. The van der Waals surface area contributed by atoms with Crippen molar-refractivity contribution < 1.29 is 0 Å². The zero-order chi connectivity index (χ0) is 13.2. The molecule has 1 unspecified atom stereocenters. The molecule has 4 nitrogen and oxygen atoms in total. The molecule has 0 amide bonds. The maximum absolute atomic E-state index is 12.1. The summed E-state index contributed by atoms with van der Waals surface area (Å²) in [7, 11) is 1.78. The Labute approximate surface area is 112 Å². The third-order valence-electron chi connectivity index (χ3n) is 3.88. The smallest absolute Gasteiger partial charge is 0.316 e. The second-order valence-electron chi connectivity index (χ2n) is 5.16. The molecule has 1 fully saturated rings. The van der Waals surface area contributed by atoms with Gasteiger partial charge < -0.3 is 9.88 Å². The van der Waals surface area contributed by atoms with Gasteiger partial charge in [-0.25, -0.2) is 4.79 Å². The summed E-state index contributed by atoms with van der Waals surface area (Å²) in [6.45, 7) is 2.10. The van der Waals surface area contributed by atoms with E-state index in [1.165, 1.54) is 18.4 Å². The zero-order valence-corrected chi connectivity index (χ0v) is 11.2. The van der Waals surface area contributed by atoms with Crippen molar-refractivity contribution in [3.05, 3.63) is 52.7 Å². The Hall–Kier alpha value is -1.81. The summed E-state index contributed by atoms with van der Waals surface area (Å²) in [5, 5.41) is 3.44. The maximum Gasteiger partial charge on any atom is 0.332 e. The van der Waals surface area contributed by atoms with Crippen molar-refractivity contribution in [2.24, 2.45) is 7.05 Å². The van der Waals surface area contributed by atoms with Crippen molar-refractivity contribution in [3.8, 4) is 5.69 Å². The molecule has 1 saturated heterocycles. The SMILES string of the molecule is Cn1ccn(-c2ccccc2C2CCCNC2)c1=O. The summed E-state index contributed by atoms with van der Waals surface area (Å²) >= 11 is 0. The second kappa shape index (κ2) is 5.05. The fraction of sp³-hybridized carbons (Fsp3) is 0.400. The fourth-order valence-electron chi connectivity index (χ4n) is 2.82. The minimum Gasteiger partial charge on any atom is -0.316 e. The first kappa shape index (κ1) is 12.2. The Balaban J connectivity index is 2.06. The molecular formula is C15H19N3O. The molecule has 1 aliphatic heterocycles. The largest absolute Gasteiger partial charge is 0.332 e. The Morgan fingerprint density at radius 1 is 1.26 bits per heavy atom. The molecule has 0 radical (unpaired) electrons. The average molecular weight is 257 g/mol. The van der Waals surface area contributed by atoms with E-state index in [9.17, 15) is 4.79 Å². The van der Waals surface area contributed by atoms with Crippen molar-refractivity contribution in [1.82, 2.24) is 14.5 Å². The third kappa shape index (κ3) is 2.24.